The van der Waals surface area contributed by atoms with E-state index in [0.29, 0.717) is 22.4 Å². The van der Waals surface area contributed by atoms with Gasteiger partial charge in [-0.15, -0.1) is 11.3 Å². The Labute approximate surface area is 205 Å². The lowest BCUT2D eigenvalue weighted by molar-refractivity contribution is -0.120. The molecule has 0 radical (unpaired) electrons. The summed E-state index contributed by atoms with van der Waals surface area (Å²) in [6.07, 6.45) is 8.88. The highest BCUT2D eigenvalue weighted by Crippen LogP contribution is 2.33. The Morgan fingerprint density at radius 3 is 2.59 bits per heavy atom. The summed E-state index contributed by atoms with van der Waals surface area (Å²) in [6.45, 7) is 3.66. The molecule has 0 bridgehead atoms. The van der Waals surface area contributed by atoms with Crippen LogP contribution in [0.4, 0.5) is 10.8 Å². The molecule has 2 aliphatic rings. The maximum atomic E-state index is 13.1. The van der Waals surface area contributed by atoms with Gasteiger partial charge in [0.1, 0.15) is 11.4 Å². The first-order valence-electron chi connectivity index (χ1n) is 11.4. The summed E-state index contributed by atoms with van der Waals surface area (Å²) >= 11 is 0.257. The molecule has 3 aromatic rings. The van der Waals surface area contributed by atoms with E-state index in [1.807, 2.05) is 43.5 Å². The lowest BCUT2D eigenvalue weighted by Crippen LogP contribution is -2.35. The third-order valence-corrected chi connectivity index (χ3v) is 8.48. The van der Waals surface area contributed by atoms with Crippen molar-refractivity contribution in [2.24, 2.45) is 0 Å². The van der Waals surface area contributed by atoms with Gasteiger partial charge in [0.25, 0.3) is 0 Å². The zero-order valence-corrected chi connectivity index (χ0v) is 20.7. The van der Waals surface area contributed by atoms with Crippen LogP contribution in [0.5, 0.6) is 5.88 Å². The minimum Gasteiger partial charge on any atom is -0.593 e. The van der Waals surface area contributed by atoms with Crippen molar-refractivity contribution in [2.45, 2.75) is 62.7 Å². The number of nitrogens with one attached hydrogen (secondary N) is 2. The molecular formula is C24H27N5O3S2. The molecule has 1 unspecified atom stereocenters. The van der Waals surface area contributed by atoms with Crippen LogP contribution in [0, 0.1) is 0 Å². The lowest BCUT2D eigenvalue weighted by atomic mass is 9.89. The van der Waals surface area contributed by atoms with Crippen LogP contribution in [-0.4, -0.2) is 36.8 Å². The van der Waals surface area contributed by atoms with E-state index in [0.717, 1.165) is 36.9 Å². The molecule has 1 atom stereocenters. The van der Waals surface area contributed by atoms with E-state index in [9.17, 15) is 9.35 Å². The van der Waals surface area contributed by atoms with Crippen molar-refractivity contribution in [3.8, 4) is 17.1 Å². The summed E-state index contributed by atoms with van der Waals surface area (Å²) in [5.74, 6) is 0.371. The monoisotopic (exact) mass is 497 g/mol. The van der Waals surface area contributed by atoms with Gasteiger partial charge in [-0.1, -0.05) is 12.1 Å². The Balaban J connectivity index is 1.22. The van der Waals surface area contributed by atoms with Crippen LogP contribution in [0.2, 0.25) is 0 Å². The number of amides is 1. The van der Waals surface area contributed by atoms with Crippen molar-refractivity contribution in [1.82, 2.24) is 15.0 Å². The molecule has 0 spiro atoms. The Morgan fingerprint density at radius 2 is 1.91 bits per heavy atom. The fourth-order valence-corrected chi connectivity index (χ4v) is 5.50. The van der Waals surface area contributed by atoms with E-state index in [1.54, 1.807) is 12.4 Å². The third-order valence-electron chi connectivity index (χ3n) is 6.12. The molecule has 2 N–H and O–H groups in total. The molecule has 34 heavy (non-hydrogen) atoms. The van der Waals surface area contributed by atoms with Gasteiger partial charge in [-0.3, -0.25) is 9.78 Å². The molecule has 0 aliphatic heterocycles. The predicted molar refractivity (Wildman–Crippen MR) is 134 cm³/mol. The van der Waals surface area contributed by atoms with E-state index in [-0.39, 0.29) is 17.3 Å². The van der Waals surface area contributed by atoms with Crippen LogP contribution in [-0.2, 0) is 21.6 Å². The molecule has 10 heteroatoms. The number of rotatable bonds is 9. The van der Waals surface area contributed by atoms with Gasteiger partial charge >= 0.3 is 0 Å². The topological polar surface area (TPSA) is 112 Å². The van der Waals surface area contributed by atoms with E-state index in [2.05, 4.69) is 25.0 Å². The van der Waals surface area contributed by atoms with Crippen LogP contribution in [0.25, 0.3) is 11.3 Å². The zero-order chi connectivity index (χ0) is 23.7. The Morgan fingerprint density at radius 1 is 1.15 bits per heavy atom. The maximum absolute atomic E-state index is 13.1. The molecule has 2 fully saturated rings. The minimum absolute atomic E-state index is 0.170. The number of hydrogen-bond donors (Lipinski definition) is 2. The molecule has 2 aliphatic carbocycles. The van der Waals surface area contributed by atoms with Gasteiger partial charge in [0.2, 0.25) is 16.9 Å². The molecule has 2 heterocycles. The van der Waals surface area contributed by atoms with Crippen LogP contribution in [0.1, 0.15) is 51.6 Å². The van der Waals surface area contributed by atoms with Gasteiger partial charge < -0.3 is 14.6 Å². The van der Waals surface area contributed by atoms with Crippen LogP contribution in [0.15, 0.2) is 42.0 Å². The first kappa shape index (κ1) is 23.1. The predicted octanol–water partition coefficient (Wildman–Crippen LogP) is 4.69. The molecule has 8 nitrogen and oxygen atoms in total. The molecule has 0 saturated heterocycles. The third kappa shape index (κ3) is 5.18. The van der Waals surface area contributed by atoms with E-state index < -0.39 is 16.8 Å². The van der Waals surface area contributed by atoms with Crippen molar-refractivity contribution < 1.29 is 14.1 Å². The second-order valence-corrected chi connectivity index (χ2v) is 11.5. The summed E-state index contributed by atoms with van der Waals surface area (Å²) in [6, 6.07) is 7.49. The molecule has 2 aromatic heterocycles. The van der Waals surface area contributed by atoms with Gasteiger partial charge in [0, 0.05) is 29.5 Å². The van der Waals surface area contributed by atoms with Crippen LogP contribution in [0.3, 0.4) is 0 Å². The zero-order valence-electron chi connectivity index (χ0n) is 19.1. The fraction of sp³-hybridized carbons (Fsp3) is 0.417. The SMILES string of the molecule is CC(C)(C(=O)Nc1ccc(-c2cncc(OC3CCC3)n2)cc1)c1csc(N[S+]([O-])C2CC2)n1. The number of benzene rings is 1. The van der Waals surface area contributed by atoms with Crippen molar-refractivity contribution in [3.05, 3.63) is 47.7 Å². The summed E-state index contributed by atoms with van der Waals surface area (Å²) in [7, 11) is 0. The number of ether oxygens (including phenoxy) is 1. The maximum Gasteiger partial charge on any atom is 0.236 e. The first-order valence-corrected chi connectivity index (χ1v) is 13.5. The minimum atomic E-state index is -1.11. The highest BCUT2D eigenvalue weighted by atomic mass is 32.2. The molecule has 1 aromatic carbocycles. The molecule has 1 amide bonds. The van der Waals surface area contributed by atoms with E-state index >= 15 is 0 Å². The average Bonchev–Trinajstić information content (AvgIpc) is 3.56. The van der Waals surface area contributed by atoms with Crippen molar-refractivity contribution in [3.63, 3.8) is 0 Å². The Kier molecular flexibility index (Phi) is 6.46. The van der Waals surface area contributed by atoms with Gasteiger partial charge in [-0.2, -0.15) is 4.72 Å². The number of hydrogen-bond acceptors (Lipinski definition) is 8. The number of aromatic nitrogens is 3. The Hall–Kier alpha value is -2.69. The number of carbonyl (C=O) groups excluding carboxylic acids is 1. The van der Waals surface area contributed by atoms with E-state index in [4.69, 9.17) is 4.74 Å². The van der Waals surface area contributed by atoms with Crippen molar-refractivity contribution in [1.29, 1.82) is 0 Å². The molecular weight excluding hydrogens is 470 g/mol. The van der Waals surface area contributed by atoms with Crippen LogP contribution < -0.4 is 14.8 Å². The quantitative estimate of drug-likeness (QED) is 0.413. The standard InChI is InChI=1S/C24H27N5O3S2/c1-24(2,20-14-33-23(28-20)29-34(31)18-10-11-18)22(30)26-16-8-6-15(7-9-16)19-12-25-13-21(27-19)32-17-4-3-5-17/h6-9,12-14,17-18H,3-5,10-11H2,1-2H3,(H,26,30)(H,28,29). The Bertz CT molecular complexity index is 1160. The average molecular weight is 498 g/mol. The summed E-state index contributed by atoms with van der Waals surface area (Å²) in [5.41, 5.74) is 2.08. The second-order valence-electron chi connectivity index (χ2n) is 9.21. The van der Waals surface area contributed by atoms with Gasteiger partial charge in [0.15, 0.2) is 0 Å². The molecule has 2 saturated carbocycles. The molecule has 178 valence electrons. The van der Waals surface area contributed by atoms with Gasteiger partial charge in [0.05, 0.1) is 40.6 Å². The summed E-state index contributed by atoms with van der Waals surface area (Å²) < 4.78 is 20.9. The van der Waals surface area contributed by atoms with Crippen molar-refractivity contribution >= 4 is 39.4 Å². The smallest absolute Gasteiger partial charge is 0.236 e. The van der Waals surface area contributed by atoms with Gasteiger partial charge in [-0.05, 0) is 45.2 Å². The van der Waals surface area contributed by atoms with E-state index in [1.165, 1.54) is 17.8 Å². The first-order chi connectivity index (χ1) is 16.4. The highest BCUT2D eigenvalue weighted by Gasteiger charge is 2.37. The summed E-state index contributed by atoms with van der Waals surface area (Å²) in [5, 5.41) is 5.61. The molecule has 5 rings (SSSR count). The number of thiazole rings is 1. The number of anilines is 2. The van der Waals surface area contributed by atoms with Gasteiger partial charge in [-0.25, -0.2) is 9.97 Å². The highest BCUT2D eigenvalue weighted by molar-refractivity contribution is 7.93. The normalized spacial score (nSPS) is 17.0. The van der Waals surface area contributed by atoms with Crippen molar-refractivity contribution in [2.75, 3.05) is 10.0 Å². The lowest BCUT2D eigenvalue weighted by Gasteiger charge is -2.25. The largest absolute Gasteiger partial charge is 0.593 e. The fourth-order valence-electron chi connectivity index (χ4n) is 3.39. The number of nitrogens with zero attached hydrogens (tertiary/aromatic N) is 3. The summed E-state index contributed by atoms with van der Waals surface area (Å²) in [4.78, 5) is 26.4. The number of carbonyl (C=O) groups is 1. The second kappa shape index (κ2) is 9.52. The van der Waals surface area contributed by atoms with Crippen LogP contribution >= 0.6 is 11.3 Å².